The van der Waals surface area contributed by atoms with Crippen molar-refractivity contribution >= 4 is 21.6 Å². The Morgan fingerprint density at radius 3 is 2.47 bits per heavy atom. The number of sulfonamides is 1. The molecule has 0 N–H and O–H groups in total. The number of hydrogen-bond donors (Lipinski definition) is 0. The molecule has 6 nitrogen and oxygen atoms in total. The standard InChI is InChI=1S/C25H24F2N2O4S/c1-17-3-7-22(8-4-17)29(18(2)30)15-19-5-9-24-20(13-19)16-28(11-12-33-24)34(31,32)25-10-6-21(26)14-23(25)27/h3-10,13-14H,11-12,15-16H2,1-2H3. The van der Waals surface area contributed by atoms with Gasteiger partial charge in [-0.3, -0.25) is 4.79 Å². The van der Waals surface area contributed by atoms with Crippen molar-refractivity contribution < 1.29 is 26.7 Å². The largest absolute Gasteiger partial charge is 0.492 e. The van der Waals surface area contributed by atoms with Crippen LogP contribution < -0.4 is 9.64 Å². The molecule has 3 aromatic carbocycles. The fourth-order valence-corrected chi connectivity index (χ4v) is 5.29. The zero-order valence-corrected chi connectivity index (χ0v) is 19.6. The van der Waals surface area contributed by atoms with Crippen molar-refractivity contribution in [3.05, 3.63) is 89.0 Å². The smallest absolute Gasteiger partial charge is 0.246 e. The summed E-state index contributed by atoms with van der Waals surface area (Å²) in [5.41, 5.74) is 3.20. The molecule has 0 spiro atoms. The quantitative estimate of drug-likeness (QED) is 0.536. The third-order valence-corrected chi connectivity index (χ3v) is 7.53. The molecular weight excluding hydrogens is 462 g/mol. The number of rotatable bonds is 5. The number of halogens is 2. The molecule has 0 atom stereocenters. The lowest BCUT2D eigenvalue weighted by Crippen LogP contribution is -2.33. The molecule has 0 fully saturated rings. The van der Waals surface area contributed by atoms with E-state index in [0.717, 1.165) is 33.3 Å². The van der Waals surface area contributed by atoms with Crippen LogP contribution in [0.5, 0.6) is 5.75 Å². The van der Waals surface area contributed by atoms with Crippen molar-refractivity contribution in [3.63, 3.8) is 0 Å². The van der Waals surface area contributed by atoms with Crippen LogP contribution in [-0.2, 0) is 27.9 Å². The van der Waals surface area contributed by atoms with Gasteiger partial charge in [-0.2, -0.15) is 4.31 Å². The maximum absolute atomic E-state index is 14.3. The Bertz CT molecular complexity index is 1330. The van der Waals surface area contributed by atoms with Gasteiger partial charge in [-0.15, -0.1) is 0 Å². The Kier molecular flexibility index (Phi) is 6.67. The first-order chi connectivity index (χ1) is 16.1. The van der Waals surface area contributed by atoms with E-state index in [2.05, 4.69) is 0 Å². The van der Waals surface area contributed by atoms with E-state index in [4.69, 9.17) is 4.74 Å². The van der Waals surface area contributed by atoms with Gasteiger partial charge in [0.1, 0.15) is 28.9 Å². The number of fused-ring (bicyclic) bond motifs is 1. The molecule has 178 valence electrons. The lowest BCUT2D eigenvalue weighted by Gasteiger charge is -2.23. The molecule has 1 aliphatic heterocycles. The van der Waals surface area contributed by atoms with E-state index in [1.54, 1.807) is 17.0 Å². The fraction of sp³-hybridized carbons (Fsp3) is 0.240. The summed E-state index contributed by atoms with van der Waals surface area (Å²) < 4.78 is 60.6. The number of nitrogens with zero attached hydrogens (tertiary/aromatic N) is 2. The van der Waals surface area contributed by atoms with Gasteiger partial charge < -0.3 is 9.64 Å². The third-order valence-electron chi connectivity index (χ3n) is 5.65. The fourth-order valence-electron chi connectivity index (χ4n) is 3.84. The summed E-state index contributed by atoms with van der Waals surface area (Å²) >= 11 is 0. The summed E-state index contributed by atoms with van der Waals surface area (Å²) in [5.74, 6) is -1.61. The monoisotopic (exact) mass is 486 g/mol. The molecule has 3 aromatic rings. The Morgan fingerprint density at radius 2 is 1.79 bits per heavy atom. The van der Waals surface area contributed by atoms with Crippen molar-refractivity contribution in [2.45, 2.75) is 31.8 Å². The number of amides is 1. The molecule has 4 rings (SSSR count). The van der Waals surface area contributed by atoms with Crippen LogP contribution in [0.2, 0.25) is 0 Å². The van der Waals surface area contributed by atoms with Crippen LogP contribution in [-0.4, -0.2) is 31.8 Å². The van der Waals surface area contributed by atoms with Crippen molar-refractivity contribution in [3.8, 4) is 5.75 Å². The summed E-state index contributed by atoms with van der Waals surface area (Å²) in [7, 11) is -4.22. The molecule has 1 aliphatic rings. The normalized spacial score (nSPS) is 14.1. The molecule has 34 heavy (non-hydrogen) atoms. The number of hydrogen-bond acceptors (Lipinski definition) is 4. The number of aryl methyl sites for hydroxylation is 1. The molecule has 0 aromatic heterocycles. The lowest BCUT2D eigenvalue weighted by atomic mass is 10.1. The highest BCUT2D eigenvalue weighted by atomic mass is 32.2. The molecule has 0 bridgehead atoms. The predicted octanol–water partition coefficient (Wildman–Crippen LogP) is 4.41. The van der Waals surface area contributed by atoms with E-state index in [1.165, 1.54) is 6.92 Å². The number of benzene rings is 3. The van der Waals surface area contributed by atoms with E-state index >= 15 is 0 Å². The topological polar surface area (TPSA) is 66.9 Å². The van der Waals surface area contributed by atoms with Crippen LogP contribution in [0.15, 0.2) is 65.6 Å². The van der Waals surface area contributed by atoms with Gasteiger partial charge in [0, 0.05) is 37.3 Å². The summed E-state index contributed by atoms with van der Waals surface area (Å²) in [4.78, 5) is 13.4. The van der Waals surface area contributed by atoms with Gasteiger partial charge in [0.2, 0.25) is 15.9 Å². The van der Waals surface area contributed by atoms with Crippen molar-refractivity contribution in [1.82, 2.24) is 4.31 Å². The molecule has 0 saturated carbocycles. The average Bonchev–Trinajstić information content (AvgIpc) is 3.00. The zero-order valence-electron chi connectivity index (χ0n) is 18.8. The molecular formula is C25H24F2N2O4S. The summed E-state index contributed by atoms with van der Waals surface area (Å²) in [5, 5.41) is 0. The molecule has 0 saturated heterocycles. The highest BCUT2D eigenvalue weighted by Gasteiger charge is 2.30. The minimum absolute atomic E-state index is 0.00605. The highest BCUT2D eigenvalue weighted by Crippen LogP contribution is 2.29. The van der Waals surface area contributed by atoms with Crippen molar-refractivity contribution in [1.29, 1.82) is 0 Å². The molecule has 1 amide bonds. The Balaban J connectivity index is 1.62. The van der Waals surface area contributed by atoms with Crippen LogP contribution in [0.25, 0.3) is 0 Å². The van der Waals surface area contributed by atoms with Gasteiger partial charge >= 0.3 is 0 Å². The first kappa shape index (κ1) is 23.8. The molecule has 0 radical (unpaired) electrons. The van der Waals surface area contributed by atoms with Crippen LogP contribution in [0, 0.1) is 18.6 Å². The minimum Gasteiger partial charge on any atom is -0.492 e. The van der Waals surface area contributed by atoms with Gasteiger partial charge in [0.25, 0.3) is 0 Å². The number of carbonyl (C=O) groups excluding carboxylic acids is 1. The first-order valence-electron chi connectivity index (χ1n) is 10.7. The van der Waals surface area contributed by atoms with Gasteiger partial charge in [0.15, 0.2) is 0 Å². The van der Waals surface area contributed by atoms with Gasteiger partial charge in [0.05, 0.1) is 6.54 Å². The lowest BCUT2D eigenvalue weighted by molar-refractivity contribution is -0.116. The molecule has 0 unspecified atom stereocenters. The van der Waals surface area contributed by atoms with Gasteiger partial charge in [-0.05, 0) is 48.9 Å². The second kappa shape index (κ2) is 9.52. The Morgan fingerprint density at radius 1 is 1.06 bits per heavy atom. The maximum Gasteiger partial charge on any atom is 0.246 e. The van der Waals surface area contributed by atoms with Gasteiger partial charge in [-0.1, -0.05) is 23.8 Å². The maximum atomic E-state index is 14.3. The minimum atomic E-state index is -4.22. The van der Waals surface area contributed by atoms with Crippen LogP contribution in [0.4, 0.5) is 14.5 Å². The second-order valence-electron chi connectivity index (χ2n) is 8.14. The Labute approximate surface area is 197 Å². The number of carbonyl (C=O) groups is 1. The van der Waals surface area contributed by atoms with Gasteiger partial charge in [-0.25, -0.2) is 17.2 Å². The van der Waals surface area contributed by atoms with E-state index in [9.17, 15) is 22.0 Å². The van der Waals surface area contributed by atoms with Crippen molar-refractivity contribution in [2.75, 3.05) is 18.1 Å². The predicted molar refractivity (Wildman–Crippen MR) is 124 cm³/mol. The zero-order chi connectivity index (χ0) is 24.5. The van der Waals surface area contributed by atoms with E-state index in [-0.39, 0.29) is 32.1 Å². The molecule has 1 heterocycles. The second-order valence-corrected chi connectivity index (χ2v) is 10.1. The van der Waals surface area contributed by atoms with Crippen LogP contribution in [0.1, 0.15) is 23.6 Å². The summed E-state index contributed by atoms with van der Waals surface area (Å²) in [6.07, 6.45) is 0. The van der Waals surface area contributed by atoms with E-state index in [1.807, 2.05) is 37.3 Å². The average molecular weight is 487 g/mol. The molecule has 0 aliphatic carbocycles. The summed E-state index contributed by atoms with van der Waals surface area (Å²) in [6.45, 7) is 3.77. The highest BCUT2D eigenvalue weighted by molar-refractivity contribution is 7.89. The number of anilines is 1. The Hall–Kier alpha value is -3.30. The van der Waals surface area contributed by atoms with Crippen LogP contribution in [0.3, 0.4) is 0 Å². The molecule has 9 heteroatoms. The van der Waals surface area contributed by atoms with E-state index in [0.29, 0.717) is 17.4 Å². The first-order valence-corrected chi connectivity index (χ1v) is 12.1. The van der Waals surface area contributed by atoms with Crippen LogP contribution >= 0.6 is 0 Å². The van der Waals surface area contributed by atoms with Crippen molar-refractivity contribution in [2.24, 2.45) is 0 Å². The third kappa shape index (κ3) is 4.95. The van der Waals surface area contributed by atoms with E-state index < -0.39 is 26.6 Å². The number of ether oxygens (including phenoxy) is 1. The SMILES string of the molecule is CC(=O)N(Cc1ccc2c(c1)CN(S(=O)(=O)c1ccc(F)cc1F)CCO2)c1ccc(C)cc1. The summed E-state index contributed by atoms with van der Waals surface area (Å²) in [6, 6.07) is 15.3.